The average molecular weight is 385 g/mol. The summed E-state index contributed by atoms with van der Waals surface area (Å²) in [6.07, 6.45) is 6.02. The third kappa shape index (κ3) is 5.49. The summed E-state index contributed by atoms with van der Waals surface area (Å²) >= 11 is 0. The highest BCUT2D eigenvalue weighted by atomic mass is 16.7. The van der Waals surface area contributed by atoms with Crippen molar-refractivity contribution in [1.29, 1.82) is 0 Å². The highest BCUT2D eigenvalue weighted by Crippen LogP contribution is 2.36. The van der Waals surface area contributed by atoms with Gasteiger partial charge < -0.3 is 19.4 Å². The van der Waals surface area contributed by atoms with Crippen LogP contribution in [0.25, 0.3) is 0 Å². The maximum Gasteiger partial charge on any atom is 0.495 e. The van der Waals surface area contributed by atoms with Gasteiger partial charge >= 0.3 is 13.2 Å². The molecule has 0 bridgehead atoms. The number of allylic oxidation sites excluding steroid dienone is 2. The van der Waals surface area contributed by atoms with Gasteiger partial charge in [-0.15, -0.1) is 0 Å². The fraction of sp³-hybridized carbons (Fsp3) is 0.500. The number of carbonyl (C=O) groups excluding carboxylic acids is 1. The van der Waals surface area contributed by atoms with Crippen molar-refractivity contribution in [2.75, 3.05) is 13.2 Å². The summed E-state index contributed by atoms with van der Waals surface area (Å²) in [5.41, 5.74) is 2.28. The molecule has 28 heavy (non-hydrogen) atoms. The summed E-state index contributed by atoms with van der Waals surface area (Å²) in [6.45, 7) is 12.8. The van der Waals surface area contributed by atoms with Gasteiger partial charge in [-0.05, 0) is 64.6 Å². The Morgan fingerprint density at radius 3 is 2.39 bits per heavy atom. The number of rotatable bonds is 7. The van der Waals surface area contributed by atoms with Crippen LogP contribution in [0.4, 0.5) is 4.79 Å². The molecule has 1 heterocycles. The predicted octanol–water partition coefficient (Wildman–Crippen LogP) is 3.78. The van der Waals surface area contributed by atoms with Crippen molar-refractivity contribution in [1.82, 2.24) is 5.32 Å². The summed E-state index contributed by atoms with van der Waals surface area (Å²) in [5.74, 6) is 0. The smallest absolute Gasteiger partial charge is 0.445 e. The first-order chi connectivity index (χ1) is 13.2. The van der Waals surface area contributed by atoms with Crippen LogP contribution in [-0.4, -0.2) is 37.6 Å². The van der Waals surface area contributed by atoms with Crippen molar-refractivity contribution in [2.45, 2.75) is 59.2 Å². The molecule has 0 aromatic heterocycles. The molecule has 1 aromatic rings. The molecule has 0 aliphatic carbocycles. The molecule has 1 aliphatic heterocycles. The van der Waals surface area contributed by atoms with Crippen molar-refractivity contribution < 1.29 is 18.8 Å². The second kappa shape index (κ2) is 9.44. The Labute approximate surface area is 169 Å². The molecule has 1 fully saturated rings. The van der Waals surface area contributed by atoms with E-state index in [4.69, 9.17) is 14.0 Å². The molecular weight excluding hydrogens is 353 g/mol. The van der Waals surface area contributed by atoms with Crippen LogP contribution >= 0.6 is 0 Å². The molecule has 0 unspecified atom stereocenters. The zero-order chi connectivity index (χ0) is 20.8. The van der Waals surface area contributed by atoms with Gasteiger partial charge in [-0.3, -0.25) is 0 Å². The molecule has 2 rings (SSSR count). The van der Waals surface area contributed by atoms with E-state index < -0.39 is 13.2 Å². The lowest BCUT2D eigenvalue weighted by molar-refractivity contribution is 0.00578. The number of ether oxygens (including phenoxy) is 1. The van der Waals surface area contributed by atoms with Crippen molar-refractivity contribution in [3.05, 3.63) is 53.6 Å². The topological polar surface area (TPSA) is 56.8 Å². The Balaban J connectivity index is 1.92. The normalized spacial score (nSPS) is 18.5. The number of benzene rings is 1. The van der Waals surface area contributed by atoms with Crippen molar-refractivity contribution in [3.8, 4) is 0 Å². The summed E-state index contributed by atoms with van der Waals surface area (Å²) < 4.78 is 17.6. The van der Waals surface area contributed by atoms with Crippen molar-refractivity contribution in [2.24, 2.45) is 0 Å². The molecule has 0 saturated carbocycles. The molecule has 1 saturated heterocycles. The third-order valence-corrected chi connectivity index (χ3v) is 5.35. The summed E-state index contributed by atoms with van der Waals surface area (Å²) in [6, 6.07) is 8.02. The zero-order valence-electron chi connectivity index (χ0n) is 17.9. The third-order valence-electron chi connectivity index (χ3n) is 5.35. The standard InChI is InChI=1S/C22H32BNO4/c1-7-11-17(8-2)16-26-20(25)24-15-14-18-12-9-10-13-19(18)23-27-21(3,4)22(5,6)28-23/h7-13H,14-16H2,1-6H3,(H,24,25)/b11-7-,17-8+. The van der Waals surface area contributed by atoms with E-state index in [1.165, 1.54) is 0 Å². The van der Waals surface area contributed by atoms with Gasteiger partial charge in [0.2, 0.25) is 0 Å². The summed E-state index contributed by atoms with van der Waals surface area (Å²) in [5, 5.41) is 2.81. The lowest BCUT2D eigenvalue weighted by Gasteiger charge is -2.32. The largest absolute Gasteiger partial charge is 0.495 e. The first-order valence-electron chi connectivity index (χ1n) is 9.82. The minimum atomic E-state index is -0.419. The van der Waals surface area contributed by atoms with Gasteiger partial charge in [0.1, 0.15) is 6.61 Å². The van der Waals surface area contributed by atoms with Crippen LogP contribution in [0.3, 0.4) is 0 Å². The maximum atomic E-state index is 11.9. The van der Waals surface area contributed by atoms with Crippen molar-refractivity contribution in [3.63, 3.8) is 0 Å². The first-order valence-corrected chi connectivity index (χ1v) is 9.82. The second-order valence-electron chi connectivity index (χ2n) is 7.90. The average Bonchev–Trinajstić information content (AvgIpc) is 2.86. The summed E-state index contributed by atoms with van der Waals surface area (Å²) in [4.78, 5) is 11.9. The molecule has 5 nitrogen and oxygen atoms in total. The zero-order valence-corrected chi connectivity index (χ0v) is 17.9. The molecular formula is C22H32BNO4. The van der Waals surface area contributed by atoms with Gasteiger partial charge in [0.25, 0.3) is 0 Å². The van der Waals surface area contributed by atoms with E-state index in [2.05, 4.69) is 5.32 Å². The van der Waals surface area contributed by atoms with E-state index in [0.717, 1.165) is 16.6 Å². The van der Waals surface area contributed by atoms with Gasteiger partial charge in [0.05, 0.1) is 11.2 Å². The number of hydrogen-bond acceptors (Lipinski definition) is 4. The highest BCUT2D eigenvalue weighted by Gasteiger charge is 2.52. The monoisotopic (exact) mass is 385 g/mol. The molecule has 6 heteroatoms. The van der Waals surface area contributed by atoms with Crippen LogP contribution in [0.2, 0.25) is 0 Å². The number of hydrogen-bond donors (Lipinski definition) is 1. The lowest BCUT2D eigenvalue weighted by Crippen LogP contribution is -2.41. The molecule has 152 valence electrons. The Kier molecular flexibility index (Phi) is 7.50. The fourth-order valence-electron chi connectivity index (χ4n) is 2.90. The number of amides is 1. The molecule has 0 spiro atoms. The maximum absolute atomic E-state index is 11.9. The molecule has 1 aliphatic rings. The van der Waals surface area contributed by atoms with Gasteiger partial charge in [0, 0.05) is 6.54 Å². The van der Waals surface area contributed by atoms with Gasteiger partial charge in [-0.1, -0.05) is 42.5 Å². The minimum Gasteiger partial charge on any atom is -0.445 e. The Bertz CT molecular complexity index is 724. The quantitative estimate of drug-likeness (QED) is 0.573. The predicted molar refractivity (Wildman–Crippen MR) is 114 cm³/mol. The van der Waals surface area contributed by atoms with Gasteiger partial charge in [-0.2, -0.15) is 0 Å². The van der Waals surface area contributed by atoms with Crippen LogP contribution in [0.1, 0.15) is 47.1 Å². The Hall–Kier alpha value is -2.05. The van der Waals surface area contributed by atoms with E-state index >= 15 is 0 Å². The van der Waals surface area contributed by atoms with E-state index in [1.807, 2.05) is 84.0 Å². The molecule has 1 amide bonds. The van der Waals surface area contributed by atoms with Crippen LogP contribution in [-0.2, 0) is 20.5 Å². The molecule has 0 radical (unpaired) electrons. The van der Waals surface area contributed by atoms with Crippen LogP contribution in [0.15, 0.2) is 48.1 Å². The molecule has 1 N–H and O–H groups in total. The van der Waals surface area contributed by atoms with Crippen LogP contribution < -0.4 is 10.8 Å². The molecule has 1 aromatic carbocycles. The first kappa shape index (κ1) is 22.2. The second-order valence-corrected chi connectivity index (χ2v) is 7.90. The number of alkyl carbamates (subject to hydrolysis) is 1. The van der Waals surface area contributed by atoms with E-state index in [9.17, 15) is 4.79 Å². The Morgan fingerprint density at radius 1 is 1.14 bits per heavy atom. The van der Waals surface area contributed by atoms with E-state index in [1.54, 1.807) is 0 Å². The van der Waals surface area contributed by atoms with Gasteiger partial charge in [-0.25, -0.2) is 4.79 Å². The molecule has 0 atom stereocenters. The fourth-order valence-corrected chi connectivity index (χ4v) is 2.90. The van der Waals surface area contributed by atoms with E-state index in [0.29, 0.717) is 13.0 Å². The Morgan fingerprint density at radius 2 is 1.79 bits per heavy atom. The minimum absolute atomic E-state index is 0.261. The number of carbonyl (C=O) groups is 1. The van der Waals surface area contributed by atoms with E-state index in [-0.39, 0.29) is 17.8 Å². The van der Waals surface area contributed by atoms with Crippen LogP contribution in [0.5, 0.6) is 0 Å². The van der Waals surface area contributed by atoms with Gasteiger partial charge in [0.15, 0.2) is 0 Å². The summed E-state index contributed by atoms with van der Waals surface area (Å²) in [7, 11) is -0.411. The van der Waals surface area contributed by atoms with Crippen LogP contribution in [0, 0.1) is 0 Å². The van der Waals surface area contributed by atoms with Crippen molar-refractivity contribution >= 4 is 18.7 Å². The lowest BCUT2D eigenvalue weighted by atomic mass is 9.75. The highest BCUT2D eigenvalue weighted by molar-refractivity contribution is 6.62. The SMILES string of the molecule is C/C=C\C(=C/C)COC(=O)NCCc1ccccc1B1OC(C)(C)C(C)(C)O1. The number of nitrogens with one attached hydrogen (secondary N) is 1.